The van der Waals surface area contributed by atoms with Crippen LogP contribution in [0.1, 0.15) is 22.3 Å². The summed E-state index contributed by atoms with van der Waals surface area (Å²) >= 11 is 0. The molecule has 1 heterocycles. The van der Waals surface area contributed by atoms with E-state index in [2.05, 4.69) is 4.72 Å². The summed E-state index contributed by atoms with van der Waals surface area (Å²) < 4.78 is 65.6. The number of nitrogens with zero attached hydrogens (tertiary/aromatic N) is 1. The van der Waals surface area contributed by atoms with E-state index < -0.39 is 20.1 Å². The quantitative estimate of drug-likeness (QED) is 0.283. The molecule has 0 aliphatic carbocycles. The van der Waals surface area contributed by atoms with E-state index in [-0.39, 0.29) is 10.6 Å². The Bertz CT molecular complexity index is 1320. The molecule has 0 saturated heterocycles. The Morgan fingerprint density at radius 1 is 1.00 bits per heavy atom. The molecule has 0 atom stereocenters. The molecule has 34 heavy (non-hydrogen) atoms. The zero-order chi connectivity index (χ0) is 25.5. The van der Waals surface area contributed by atoms with Gasteiger partial charge in [-0.1, -0.05) is 52.7 Å². The standard InChI is InChI=1S/C14H18N3O3S.C9H12O3S/c1-20-14-7-9-17(15)11-13(14)16-21(18,19)10-8-12-5-3-2-4-6-12;1-6-4-7(2)9(8(3)5-6)13(10,11)12/h2-7,9,11,16H,8,10,15H2,1H3;4-5H,1-3H3,(H,10,11,12)/q+1;/p-1. The number of hydrogen-bond donors (Lipinski definition) is 2. The lowest BCUT2D eigenvalue weighted by atomic mass is 10.1. The topological polar surface area (TPSA) is 142 Å². The Morgan fingerprint density at radius 3 is 2.12 bits per heavy atom. The lowest BCUT2D eigenvalue weighted by Crippen LogP contribution is -2.43. The van der Waals surface area contributed by atoms with Gasteiger partial charge in [0.2, 0.25) is 22.4 Å². The van der Waals surface area contributed by atoms with Crippen LogP contribution in [-0.4, -0.2) is 34.3 Å². The molecule has 184 valence electrons. The Balaban J connectivity index is 0.000000270. The Hall–Kier alpha value is -3.15. The summed E-state index contributed by atoms with van der Waals surface area (Å²) in [6, 6.07) is 14.4. The largest absolute Gasteiger partial charge is 0.744 e. The number of hydrogen-bond acceptors (Lipinski definition) is 7. The Morgan fingerprint density at radius 2 is 1.59 bits per heavy atom. The molecule has 9 nitrogen and oxygen atoms in total. The van der Waals surface area contributed by atoms with Gasteiger partial charge in [-0.2, -0.15) is 0 Å². The third kappa shape index (κ3) is 8.01. The number of nitrogens with one attached hydrogen (secondary N) is 1. The van der Waals surface area contributed by atoms with Gasteiger partial charge in [-0.15, -0.1) is 0 Å². The lowest BCUT2D eigenvalue weighted by molar-refractivity contribution is -0.638. The van der Waals surface area contributed by atoms with E-state index >= 15 is 0 Å². The Labute approximate surface area is 201 Å². The van der Waals surface area contributed by atoms with Crippen molar-refractivity contribution >= 4 is 25.8 Å². The van der Waals surface area contributed by atoms with Crippen LogP contribution in [0.25, 0.3) is 0 Å². The fourth-order valence-corrected chi connectivity index (χ4v) is 5.43. The van der Waals surface area contributed by atoms with Gasteiger partial charge in [-0.3, -0.25) is 4.72 Å². The average Bonchev–Trinajstić information content (AvgIpc) is 2.72. The molecule has 3 N–H and O–H groups in total. The maximum atomic E-state index is 12.1. The second-order valence-electron chi connectivity index (χ2n) is 7.71. The van der Waals surface area contributed by atoms with E-state index in [1.807, 2.05) is 37.3 Å². The molecule has 3 aromatic rings. The fraction of sp³-hybridized carbons (Fsp3) is 0.261. The highest BCUT2D eigenvalue weighted by Crippen LogP contribution is 2.22. The number of nitrogens with two attached hydrogens (primary N) is 1. The van der Waals surface area contributed by atoms with Crippen LogP contribution in [0, 0.1) is 20.8 Å². The second kappa shape index (κ2) is 11.3. The van der Waals surface area contributed by atoms with Gasteiger partial charge in [0, 0.05) is 6.07 Å². The number of methoxy groups -OCH3 is 1. The number of aromatic nitrogens is 1. The van der Waals surface area contributed by atoms with Crippen LogP contribution >= 0.6 is 0 Å². The van der Waals surface area contributed by atoms with Crippen LogP contribution in [-0.2, 0) is 26.6 Å². The van der Waals surface area contributed by atoms with Crippen LogP contribution < -0.4 is 20.0 Å². The third-order valence-electron chi connectivity index (χ3n) is 4.78. The van der Waals surface area contributed by atoms with Crippen molar-refractivity contribution in [3.05, 3.63) is 83.2 Å². The predicted octanol–water partition coefficient (Wildman–Crippen LogP) is 2.20. The van der Waals surface area contributed by atoms with Gasteiger partial charge in [0.15, 0.2) is 11.4 Å². The summed E-state index contributed by atoms with van der Waals surface area (Å²) in [4.78, 5) is -0.0851. The minimum Gasteiger partial charge on any atom is -0.744 e. The van der Waals surface area contributed by atoms with Gasteiger partial charge in [-0.25, -0.2) is 22.7 Å². The first kappa shape index (κ1) is 27.1. The molecule has 11 heteroatoms. The number of benzene rings is 2. The van der Waals surface area contributed by atoms with Gasteiger partial charge in [-0.05, 0) is 43.9 Å². The maximum absolute atomic E-state index is 12.1. The fourth-order valence-electron chi connectivity index (χ4n) is 3.43. The van der Waals surface area contributed by atoms with Crippen molar-refractivity contribution in [3.8, 4) is 5.75 Å². The van der Waals surface area contributed by atoms with Gasteiger partial charge >= 0.3 is 0 Å². The highest BCUT2D eigenvalue weighted by Gasteiger charge is 2.17. The molecule has 0 aliphatic rings. The summed E-state index contributed by atoms with van der Waals surface area (Å²) in [5.74, 6) is 5.99. The highest BCUT2D eigenvalue weighted by molar-refractivity contribution is 7.92. The molecule has 2 aromatic carbocycles. The van der Waals surface area contributed by atoms with Gasteiger partial charge in [0.05, 0.1) is 17.8 Å². The van der Waals surface area contributed by atoms with Crippen LogP contribution in [0.5, 0.6) is 5.75 Å². The van der Waals surface area contributed by atoms with E-state index in [4.69, 9.17) is 10.6 Å². The SMILES string of the molecule is COc1cc[n+](N)cc1NS(=O)(=O)CCc1ccccc1.Cc1cc(C)c(S(=O)(=O)[O-])c(C)c1. The van der Waals surface area contributed by atoms with Crippen molar-refractivity contribution in [1.82, 2.24) is 0 Å². The van der Waals surface area contributed by atoms with E-state index in [1.54, 1.807) is 38.2 Å². The molecule has 0 aliphatic heterocycles. The molecule has 0 saturated carbocycles. The molecule has 0 spiro atoms. The molecular formula is C23H29N3O6S2. The van der Waals surface area contributed by atoms with Crippen LogP contribution in [0.2, 0.25) is 0 Å². The predicted molar refractivity (Wildman–Crippen MR) is 130 cm³/mol. The first-order chi connectivity index (χ1) is 15.8. The van der Waals surface area contributed by atoms with Crippen molar-refractivity contribution < 1.29 is 30.8 Å². The number of sulfonamides is 1. The van der Waals surface area contributed by atoms with Crippen LogP contribution in [0.15, 0.2) is 65.8 Å². The van der Waals surface area contributed by atoms with Crippen molar-refractivity contribution in [2.75, 3.05) is 23.4 Å². The van der Waals surface area contributed by atoms with E-state index in [0.29, 0.717) is 29.0 Å². The second-order valence-corrected chi connectivity index (χ2v) is 10.9. The molecular weight excluding hydrogens is 478 g/mol. The van der Waals surface area contributed by atoms with E-state index in [0.717, 1.165) is 11.1 Å². The number of aryl methyl sites for hydroxylation is 4. The minimum atomic E-state index is -4.33. The van der Waals surface area contributed by atoms with Gasteiger partial charge in [0.25, 0.3) is 0 Å². The minimum absolute atomic E-state index is 0.0143. The molecule has 0 amide bonds. The molecule has 1 aromatic heterocycles. The number of rotatable bonds is 7. The van der Waals surface area contributed by atoms with Gasteiger partial charge in [0.1, 0.15) is 10.1 Å². The number of nitrogen functional groups attached to an aromatic ring is 1. The summed E-state index contributed by atoms with van der Waals surface area (Å²) in [6.07, 6.45) is 3.47. The van der Waals surface area contributed by atoms with Crippen molar-refractivity contribution in [2.45, 2.75) is 32.1 Å². The monoisotopic (exact) mass is 507 g/mol. The molecule has 0 fully saturated rings. The van der Waals surface area contributed by atoms with E-state index in [1.165, 1.54) is 18.0 Å². The molecule has 3 rings (SSSR count). The maximum Gasteiger partial charge on any atom is 0.233 e. The van der Waals surface area contributed by atoms with Crippen molar-refractivity contribution in [3.63, 3.8) is 0 Å². The highest BCUT2D eigenvalue weighted by atomic mass is 32.2. The van der Waals surface area contributed by atoms with E-state index in [9.17, 15) is 21.4 Å². The molecule has 0 bridgehead atoms. The summed E-state index contributed by atoms with van der Waals surface area (Å²) in [6.45, 7) is 5.12. The average molecular weight is 508 g/mol. The summed E-state index contributed by atoms with van der Waals surface area (Å²) in [5, 5.41) is 0. The zero-order valence-electron chi connectivity index (χ0n) is 19.5. The van der Waals surface area contributed by atoms with Crippen LogP contribution in [0.4, 0.5) is 5.69 Å². The Kier molecular flexibility index (Phi) is 9.02. The lowest BCUT2D eigenvalue weighted by Gasteiger charge is -2.14. The normalized spacial score (nSPS) is 11.3. The summed E-state index contributed by atoms with van der Waals surface area (Å²) in [5.41, 5.74) is 3.29. The number of ether oxygens (including phenoxy) is 1. The van der Waals surface area contributed by atoms with Crippen LogP contribution in [0.3, 0.4) is 0 Å². The smallest absolute Gasteiger partial charge is 0.233 e. The van der Waals surface area contributed by atoms with Crippen molar-refractivity contribution in [2.24, 2.45) is 0 Å². The number of anilines is 1. The first-order valence-electron chi connectivity index (χ1n) is 10.2. The van der Waals surface area contributed by atoms with Crippen molar-refractivity contribution in [1.29, 1.82) is 0 Å². The molecule has 0 radical (unpaired) electrons. The third-order valence-corrected chi connectivity index (χ3v) is 7.20. The molecule has 0 unspecified atom stereocenters. The first-order valence-corrected chi connectivity index (χ1v) is 13.3. The van der Waals surface area contributed by atoms with Gasteiger partial charge < -0.3 is 9.29 Å². The summed E-state index contributed by atoms with van der Waals surface area (Å²) in [7, 11) is -6.34. The number of pyridine rings is 1. The zero-order valence-corrected chi connectivity index (χ0v) is 21.1.